The van der Waals surface area contributed by atoms with Crippen LogP contribution in [-0.2, 0) is 0 Å². The molecule has 0 atom stereocenters. The molecule has 0 aliphatic heterocycles. The SMILES string of the molecule is Cc1c(Br)cccc1C(=O)Nc1ccc(Br)cc1C(=O)O. The third-order valence-corrected chi connectivity index (χ3v) is 4.32. The molecule has 0 bridgehead atoms. The first kappa shape index (κ1) is 15.7. The van der Waals surface area contributed by atoms with Gasteiger partial charge in [0.1, 0.15) is 0 Å². The van der Waals surface area contributed by atoms with Gasteiger partial charge in [0.15, 0.2) is 0 Å². The molecule has 0 unspecified atom stereocenters. The quantitative estimate of drug-likeness (QED) is 0.781. The number of rotatable bonds is 3. The summed E-state index contributed by atoms with van der Waals surface area (Å²) in [5.74, 6) is -1.45. The maximum Gasteiger partial charge on any atom is 0.337 e. The first-order valence-electron chi connectivity index (χ1n) is 5.99. The molecule has 2 N–H and O–H groups in total. The molecule has 0 aliphatic carbocycles. The predicted octanol–water partition coefficient (Wildman–Crippen LogP) is 4.47. The van der Waals surface area contributed by atoms with Gasteiger partial charge in [-0.05, 0) is 42.8 Å². The summed E-state index contributed by atoms with van der Waals surface area (Å²) < 4.78 is 1.46. The number of anilines is 1. The minimum Gasteiger partial charge on any atom is -0.478 e. The summed E-state index contributed by atoms with van der Waals surface area (Å²) in [6, 6.07) is 9.97. The van der Waals surface area contributed by atoms with Gasteiger partial charge < -0.3 is 10.4 Å². The number of carboxylic acids is 1. The zero-order chi connectivity index (χ0) is 15.6. The Balaban J connectivity index is 2.36. The number of amides is 1. The van der Waals surface area contributed by atoms with E-state index in [-0.39, 0.29) is 17.2 Å². The molecule has 0 heterocycles. The maximum atomic E-state index is 12.3. The maximum absolute atomic E-state index is 12.3. The van der Waals surface area contributed by atoms with Crippen LogP contribution in [0.5, 0.6) is 0 Å². The van der Waals surface area contributed by atoms with Crippen LogP contribution in [0.15, 0.2) is 45.3 Å². The van der Waals surface area contributed by atoms with Crippen LogP contribution in [0.4, 0.5) is 5.69 Å². The van der Waals surface area contributed by atoms with Crippen molar-refractivity contribution in [2.45, 2.75) is 6.92 Å². The number of carboxylic acid groups (broad SMARTS) is 1. The van der Waals surface area contributed by atoms with Crippen molar-refractivity contribution in [1.82, 2.24) is 0 Å². The van der Waals surface area contributed by atoms with Crippen molar-refractivity contribution in [2.24, 2.45) is 0 Å². The monoisotopic (exact) mass is 411 g/mol. The van der Waals surface area contributed by atoms with Crippen molar-refractivity contribution in [1.29, 1.82) is 0 Å². The van der Waals surface area contributed by atoms with Crippen LogP contribution in [0.2, 0.25) is 0 Å². The van der Waals surface area contributed by atoms with Gasteiger partial charge >= 0.3 is 5.97 Å². The molecule has 2 aromatic rings. The molecule has 4 nitrogen and oxygen atoms in total. The highest BCUT2D eigenvalue weighted by molar-refractivity contribution is 9.10. The van der Waals surface area contributed by atoms with Gasteiger partial charge in [0.25, 0.3) is 5.91 Å². The molecule has 2 rings (SSSR count). The number of halogens is 2. The van der Waals surface area contributed by atoms with Gasteiger partial charge in [-0.25, -0.2) is 4.79 Å². The van der Waals surface area contributed by atoms with Gasteiger partial charge in [-0.1, -0.05) is 37.9 Å². The molecule has 1 amide bonds. The number of hydrogen-bond acceptors (Lipinski definition) is 2. The average molecular weight is 413 g/mol. The van der Waals surface area contributed by atoms with E-state index in [9.17, 15) is 14.7 Å². The van der Waals surface area contributed by atoms with Crippen LogP contribution in [0.25, 0.3) is 0 Å². The van der Waals surface area contributed by atoms with Gasteiger partial charge in [0, 0.05) is 14.5 Å². The lowest BCUT2D eigenvalue weighted by atomic mass is 10.1. The number of aromatic carboxylic acids is 1. The summed E-state index contributed by atoms with van der Waals surface area (Å²) >= 11 is 6.58. The number of carbonyl (C=O) groups excluding carboxylic acids is 1. The zero-order valence-electron chi connectivity index (χ0n) is 11.0. The fourth-order valence-electron chi connectivity index (χ4n) is 1.85. The second kappa shape index (κ2) is 6.41. The normalized spacial score (nSPS) is 10.2. The highest BCUT2D eigenvalue weighted by Gasteiger charge is 2.16. The third-order valence-electron chi connectivity index (χ3n) is 2.97. The first-order valence-corrected chi connectivity index (χ1v) is 7.58. The van der Waals surface area contributed by atoms with E-state index in [1.54, 1.807) is 24.3 Å². The Morgan fingerprint density at radius 3 is 2.48 bits per heavy atom. The van der Waals surface area contributed by atoms with Gasteiger partial charge in [0.05, 0.1) is 11.3 Å². The summed E-state index contributed by atoms with van der Waals surface area (Å²) in [4.78, 5) is 23.5. The van der Waals surface area contributed by atoms with Crippen LogP contribution in [-0.4, -0.2) is 17.0 Å². The summed E-state index contributed by atoms with van der Waals surface area (Å²) in [6.45, 7) is 1.82. The Bertz CT molecular complexity index is 729. The van der Waals surface area contributed by atoms with E-state index in [0.29, 0.717) is 10.0 Å². The van der Waals surface area contributed by atoms with E-state index in [1.807, 2.05) is 13.0 Å². The van der Waals surface area contributed by atoms with Crippen molar-refractivity contribution in [3.63, 3.8) is 0 Å². The van der Waals surface area contributed by atoms with Gasteiger partial charge in [-0.3, -0.25) is 4.79 Å². The lowest BCUT2D eigenvalue weighted by Crippen LogP contribution is -2.16. The average Bonchev–Trinajstić information content (AvgIpc) is 2.43. The van der Waals surface area contributed by atoms with Crippen molar-refractivity contribution >= 4 is 49.4 Å². The molecule has 108 valence electrons. The Kier molecular flexibility index (Phi) is 4.80. The van der Waals surface area contributed by atoms with Crippen molar-refractivity contribution in [3.8, 4) is 0 Å². The Hall–Kier alpha value is -1.66. The van der Waals surface area contributed by atoms with Crippen molar-refractivity contribution in [3.05, 3.63) is 62.0 Å². The fourth-order valence-corrected chi connectivity index (χ4v) is 2.57. The minimum absolute atomic E-state index is 0.0328. The highest BCUT2D eigenvalue weighted by Crippen LogP contribution is 2.24. The summed E-state index contributed by atoms with van der Waals surface area (Å²) in [5.41, 5.74) is 1.58. The smallest absolute Gasteiger partial charge is 0.337 e. The molecule has 0 saturated heterocycles. The Morgan fingerprint density at radius 1 is 1.10 bits per heavy atom. The summed E-state index contributed by atoms with van der Waals surface area (Å²) in [5, 5.41) is 11.8. The number of carbonyl (C=O) groups is 2. The molecule has 6 heteroatoms. The van der Waals surface area contributed by atoms with Gasteiger partial charge in [0.2, 0.25) is 0 Å². The van der Waals surface area contributed by atoms with Crippen LogP contribution < -0.4 is 5.32 Å². The summed E-state index contributed by atoms with van der Waals surface area (Å²) in [7, 11) is 0. The minimum atomic E-state index is -1.10. The number of hydrogen-bond donors (Lipinski definition) is 2. The third kappa shape index (κ3) is 3.51. The largest absolute Gasteiger partial charge is 0.478 e. The van der Waals surface area contributed by atoms with E-state index in [1.165, 1.54) is 6.07 Å². The summed E-state index contributed by atoms with van der Waals surface area (Å²) in [6.07, 6.45) is 0. The molecular formula is C15H11Br2NO3. The molecule has 21 heavy (non-hydrogen) atoms. The fraction of sp³-hybridized carbons (Fsp3) is 0.0667. The van der Waals surface area contributed by atoms with E-state index in [0.717, 1.165) is 10.0 Å². The molecule has 0 aliphatic rings. The van der Waals surface area contributed by atoms with E-state index < -0.39 is 5.97 Å². The standard InChI is InChI=1S/C15H11Br2NO3/c1-8-10(3-2-4-12(8)17)14(19)18-13-6-5-9(16)7-11(13)15(20)21/h2-7H,1H3,(H,18,19)(H,20,21). The van der Waals surface area contributed by atoms with E-state index in [2.05, 4.69) is 37.2 Å². The number of benzene rings is 2. The molecule has 0 aromatic heterocycles. The van der Waals surface area contributed by atoms with E-state index in [4.69, 9.17) is 0 Å². The highest BCUT2D eigenvalue weighted by atomic mass is 79.9. The Morgan fingerprint density at radius 2 is 1.81 bits per heavy atom. The molecule has 0 saturated carbocycles. The predicted molar refractivity (Wildman–Crippen MR) is 87.9 cm³/mol. The lowest BCUT2D eigenvalue weighted by molar-refractivity contribution is 0.0698. The van der Waals surface area contributed by atoms with Crippen LogP contribution in [0.3, 0.4) is 0 Å². The second-order valence-corrected chi connectivity index (χ2v) is 6.13. The molecule has 0 radical (unpaired) electrons. The van der Waals surface area contributed by atoms with Gasteiger partial charge in [-0.2, -0.15) is 0 Å². The topological polar surface area (TPSA) is 66.4 Å². The lowest BCUT2D eigenvalue weighted by Gasteiger charge is -2.11. The zero-order valence-corrected chi connectivity index (χ0v) is 14.2. The van der Waals surface area contributed by atoms with Gasteiger partial charge in [-0.15, -0.1) is 0 Å². The van der Waals surface area contributed by atoms with E-state index >= 15 is 0 Å². The van der Waals surface area contributed by atoms with Crippen LogP contribution in [0, 0.1) is 6.92 Å². The van der Waals surface area contributed by atoms with Crippen molar-refractivity contribution < 1.29 is 14.7 Å². The van der Waals surface area contributed by atoms with Crippen LogP contribution >= 0.6 is 31.9 Å². The molecule has 2 aromatic carbocycles. The Labute approximate surface area is 138 Å². The molecule has 0 spiro atoms. The molecular weight excluding hydrogens is 402 g/mol. The molecule has 0 fully saturated rings. The first-order chi connectivity index (χ1) is 9.90. The van der Waals surface area contributed by atoms with Crippen LogP contribution in [0.1, 0.15) is 26.3 Å². The van der Waals surface area contributed by atoms with Crippen molar-refractivity contribution in [2.75, 3.05) is 5.32 Å². The second-order valence-electron chi connectivity index (χ2n) is 4.36. The number of nitrogens with one attached hydrogen (secondary N) is 1.